The monoisotopic (exact) mass is 253 g/mol. The number of amides is 1. The highest BCUT2D eigenvalue weighted by molar-refractivity contribution is 5.80. The highest BCUT2D eigenvalue weighted by atomic mass is 19.1. The molecule has 0 aliphatic carbocycles. The highest BCUT2D eigenvalue weighted by Crippen LogP contribution is 2.03. The fraction of sp³-hybridized carbons (Fsp3) is 0.462. The van der Waals surface area contributed by atoms with E-state index in [1.165, 1.54) is 12.1 Å². The van der Waals surface area contributed by atoms with E-state index in [-0.39, 0.29) is 11.7 Å². The molecule has 2 rings (SSSR count). The maximum absolute atomic E-state index is 12.7. The van der Waals surface area contributed by atoms with Gasteiger partial charge in [0.1, 0.15) is 5.82 Å². The van der Waals surface area contributed by atoms with E-state index in [0.717, 1.165) is 5.56 Å². The quantitative estimate of drug-likeness (QED) is 0.867. The van der Waals surface area contributed by atoms with Gasteiger partial charge in [0.2, 0.25) is 0 Å². The molecule has 18 heavy (non-hydrogen) atoms. The van der Waals surface area contributed by atoms with Crippen LogP contribution in [0.5, 0.6) is 0 Å². The molecule has 98 valence electrons. The summed E-state index contributed by atoms with van der Waals surface area (Å²) in [4.78, 5) is 11.7. The summed E-state index contributed by atoms with van der Waals surface area (Å²) in [6.07, 6.45) is 0.159. The summed E-state index contributed by atoms with van der Waals surface area (Å²) >= 11 is 0. The SMILES string of the molecule is O=C(NCCc1ccc(F)cc1)C1COCCO1. The minimum atomic E-state index is -0.507. The number of benzene rings is 1. The normalized spacial score (nSPS) is 19.5. The van der Waals surface area contributed by atoms with Crippen molar-refractivity contribution in [3.05, 3.63) is 35.6 Å². The van der Waals surface area contributed by atoms with E-state index in [4.69, 9.17) is 9.47 Å². The van der Waals surface area contributed by atoms with Gasteiger partial charge >= 0.3 is 0 Å². The van der Waals surface area contributed by atoms with E-state index in [2.05, 4.69) is 5.32 Å². The Balaban J connectivity index is 1.71. The Morgan fingerprint density at radius 1 is 1.33 bits per heavy atom. The zero-order valence-corrected chi connectivity index (χ0v) is 10.0. The van der Waals surface area contributed by atoms with Gasteiger partial charge in [-0.2, -0.15) is 0 Å². The van der Waals surface area contributed by atoms with Crippen molar-refractivity contribution in [3.8, 4) is 0 Å². The lowest BCUT2D eigenvalue weighted by atomic mass is 10.1. The molecule has 4 nitrogen and oxygen atoms in total. The maximum atomic E-state index is 12.7. The number of carbonyl (C=O) groups is 1. The Labute approximate surface area is 105 Å². The summed E-state index contributed by atoms with van der Waals surface area (Å²) in [6, 6.07) is 6.24. The predicted molar refractivity (Wildman–Crippen MR) is 63.7 cm³/mol. The Morgan fingerprint density at radius 2 is 2.11 bits per heavy atom. The van der Waals surface area contributed by atoms with E-state index < -0.39 is 6.10 Å². The minimum absolute atomic E-state index is 0.156. The van der Waals surface area contributed by atoms with E-state index >= 15 is 0 Å². The summed E-state index contributed by atoms with van der Waals surface area (Å²) in [7, 11) is 0. The minimum Gasteiger partial charge on any atom is -0.376 e. The summed E-state index contributed by atoms with van der Waals surface area (Å²) < 4.78 is 23.1. The molecular weight excluding hydrogens is 237 g/mol. The van der Waals surface area contributed by atoms with Crippen molar-refractivity contribution < 1.29 is 18.7 Å². The zero-order valence-electron chi connectivity index (χ0n) is 10.0. The molecule has 1 heterocycles. The fourth-order valence-corrected chi connectivity index (χ4v) is 1.73. The van der Waals surface area contributed by atoms with Crippen LogP contribution in [0.2, 0.25) is 0 Å². The molecule has 1 N–H and O–H groups in total. The first-order valence-electron chi connectivity index (χ1n) is 5.97. The number of halogens is 1. The van der Waals surface area contributed by atoms with Gasteiger partial charge in [0.05, 0.1) is 19.8 Å². The maximum Gasteiger partial charge on any atom is 0.251 e. The lowest BCUT2D eigenvalue weighted by molar-refractivity contribution is -0.147. The van der Waals surface area contributed by atoms with Gasteiger partial charge in [-0.05, 0) is 24.1 Å². The van der Waals surface area contributed by atoms with Crippen molar-refractivity contribution in [1.29, 1.82) is 0 Å². The second-order valence-electron chi connectivity index (χ2n) is 4.10. The van der Waals surface area contributed by atoms with Crippen LogP contribution >= 0.6 is 0 Å². The molecule has 0 radical (unpaired) electrons. The van der Waals surface area contributed by atoms with Gasteiger partial charge in [-0.3, -0.25) is 4.79 Å². The van der Waals surface area contributed by atoms with Crippen LogP contribution in [-0.4, -0.2) is 38.4 Å². The molecule has 1 aliphatic heterocycles. The van der Waals surface area contributed by atoms with Gasteiger partial charge in [-0.1, -0.05) is 12.1 Å². The van der Waals surface area contributed by atoms with Crippen molar-refractivity contribution in [3.63, 3.8) is 0 Å². The van der Waals surface area contributed by atoms with E-state index in [1.807, 2.05) is 0 Å². The predicted octanol–water partition coefficient (Wildman–Crippen LogP) is 0.900. The number of hydrogen-bond acceptors (Lipinski definition) is 3. The molecule has 0 bridgehead atoms. The molecule has 1 aromatic rings. The van der Waals surface area contributed by atoms with Crippen molar-refractivity contribution in [1.82, 2.24) is 5.32 Å². The van der Waals surface area contributed by atoms with Gasteiger partial charge < -0.3 is 14.8 Å². The molecule has 0 spiro atoms. The first-order chi connectivity index (χ1) is 8.75. The third-order valence-corrected chi connectivity index (χ3v) is 2.73. The van der Waals surface area contributed by atoms with Crippen LogP contribution in [0.1, 0.15) is 5.56 Å². The summed E-state index contributed by atoms with van der Waals surface area (Å²) in [5.74, 6) is -0.410. The first-order valence-corrected chi connectivity index (χ1v) is 5.97. The summed E-state index contributed by atoms with van der Waals surface area (Å²) in [5, 5.41) is 2.78. The topological polar surface area (TPSA) is 47.6 Å². The van der Waals surface area contributed by atoms with Gasteiger partial charge in [0, 0.05) is 6.54 Å². The lowest BCUT2D eigenvalue weighted by Crippen LogP contribution is -2.43. The van der Waals surface area contributed by atoms with Gasteiger partial charge in [0.15, 0.2) is 6.10 Å². The van der Waals surface area contributed by atoms with Crippen LogP contribution in [0, 0.1) is 5.82 Å². The standard InChI is InChI=1S/C13H16FNO3/c14-11-3-1-10(2-4-11)5-6-15-13(16)12-9-17-7-8-18-12/h1-4,12H,5-9H2,(H,15,16). The van der Waals surface area contributed by atoms with Crippen LogP contribution in [0.25, 0.3) is 0 Å². The van der Waals surface area contributed by atoms with Crippen molar-refractivity contribution in [2.24, 2.45) is 0 Å². The molecule has 0 aromatic heterocycles. The average Bonchev–Trinajstić information content (AvgIpc) is 2.42. The Morgan fingerprint density at radius 3 is 2.78 bits per heavy atom. The molecule has 5 heteroatoms. The number of nitrogens with one attached hydrogen (secondary N) is 1. The third-order valence-electron chi connectivity index (χ3n) is 2.73. The Bertz CT molecular complexity index is 388. The number of hydrogen-bond donors (Lipinski definition) is 1. The molecule has 0 saturated carbocycles. The third kappa shape index (κ3) is 3.78. The van der Waals surface area contributed by atoms with Crippen molar-refractivity contribution >= 4 is 5.91 Å². The van der Waals surface area contributed by atoms with Crippen LogP contribution in [0.4, 0.5) is 4.39 Å². The van der Waals surface area contributed by atoms with Crippen LogP contribution in [-0.2, 0) is 20.7 Å². The fourth-order valence-electron chi connectivity index (χ4n) is 1.73. The molecule has 1 unspecified atom stereocenters. The second-order valence-corrected chi connectivity index (χ2v) is 4.10. The molecule has 1 aromatic carbocycles. The molecule has 1 atom stereocenters. The van der Waals surface area contributed by atoms with Gasteiger partial charge in [-0.15, -0.1) is 0 Å². The first kappa shape index (κ1) is 13.0. The molecular formula is C13H16FNO3. The molecule has 1 amide bonds. The highest BCUT2D eigenvalue weighted by Gasteiger charge is 2.21. The molecule has 1 aliphatic rings. The smallest absolute Gasteiger partial charge is 0.251 e. The van der Waals surface area contributed by atoms with Crippen LogP contribution in [0.15, 0.2) is 24.3 Å². The van der Waals surface area contributed by atoms with Crippen LogP contribution in [0.3, 0.4) is 0 Å². The van der Waals surface area contributed by atoms with E-state index in [0.29, 0.717) is 32.8 Å². The molecule has 1 saturated heterocycles. The van der Waals surface area contributed by atoms with Crippen LogP contribution < -0.4 is 5.32 Å². The van der Waals surface area contributed by atoms with E-state index in [1.54, 1.807) is 12.1 Å². The largest absolute Gasteiger partial charge is 0.376 e. The lowest BCUT2D eigenvalue weighted by Gasteiger charge is -2.22. The molecule has 1 fully saturated rings. The number of carbonyl (C=O) groups excluding carboxylic acids is 1. The van der Waals surface area contributed by atoms with E-state index in [9.17, 15) is 9.18 Å². The zero-order chi connectivity index (χ0) is 12.8. The van der Waals surface area contributed by atoms with Crippen molar-refractivity contribution in [2.45, 2.75) is 12.5 Å². The second kappa shape index (κ2) is 6.47. The van der Waals surface area contributed by atoms with Crippen molar-refractivity contribution in [2.75, 3.05) is 26.4 Å². The van der Waals surface area contributed by atoms with Gasteiger partial charge in [-0.25, -0.2) is 4.39 Å². The summed E-state index contributed by atoms with van der Waals surface area (Å²) in [5.41, 5.74) is 0.984. The average molecular weight is 253 g/mol. The Hall–Kier alpha value is -1.46. The number of ether oxygens (including phenoxy) is 2. The number of rotatable bonds is 4. The van der Waals surface area contributed by atoms with Gasteiger partial charge in [0.25, 0.3) is 5.91 Å². The Kier molecular flexibility index (Phi) is 4.66. The summed E-state index contributed by atoms with van der Waals surface area (Å²) in [6.45, 7) is 1.81.